The smallest absolute Gasteiger partial charge is 0.239 e. The molecule has 2 aromatic carbocycles. The highest BCUT2D eigenvalue weighted by Gasteiger charge is 2.22. The maximum Gasteiger partial charge on any atom is 0.239 e. The molecule has 1 aliphatic rings. The Morgan fingerprint density at radius 3 is 2.55 bits per heavy atom. The first-order chi connectivity index (χ1) is 10.6. The van der Waals surface area contributed by atoms with E-state index in [-0.39, 0.29) is 12.8 Å². The number of nitrogens with one attached hydrogen (secondary N) is 1. The van der Waals surface area contributed by atoms with Crippen molar-refractivity contribution in [2.75, 3.05) is 6.79 Å². The van der Waals surface area contributed by atoms with Gasteiger partial charge in [0.05, 0.1) is 0 Å². The molecule has 3 rings (SSSR count). The molecule has 0 spiro atoms. The second-order valence-corrected chi connectivity index (χ2v) is 5.25. The summed E-state index contributed by atoms with van der Waals surface area (Å²) in [6.45, 7) is 2.23. The standard InChI is InChI=1S/C17H18N2O3/c1-11(13-7-8-14-15(9-13)22-10-21-14)19-16(17(18)20)12-5-3-2-4-6-12/h2-9,11,16,19H,10H2,1H3,(H2,18,20)/t11-,16+/m1/s1. The zero-order valence-electron chi connectivity index (χ0n) is 12.3. The summed E-state index contributed by atoms with van der Waals surface area (Å²) in [6.07, 6.45) is 0. The van der Waals surface area contributed by atoms with Gasteiger partial charge in [0.25, 0.3) is 0 Å². The van der Waals surface area contributed by atoms with Crippen molar-refractivity contribution in [2.45, 2.75) is 19.0 Å². The number of hydrogen-bond donors (Lipinski definition) is 2. The van der Waals surface area contributed by atoms with E-state index in [4.69, 9.17) is 15.2 Å². The van der Waals surface area contributed by atoms with Crippen LogP contribution < -0.4 is 20.5 Å². The van der Waals surface area contributed by atoms with Crippen LogP contribution in [0.2, 0.25) is 0 Å². The highest BCUT2D eigenvalue weighted by molar-refractivity contribution is 5.81. The van der Waals surface area contributed by atoms with E-state index in [0.29, 0.717) is 0 Å². The Morgan fingerprint density at radius 2 is 1.82 bits per heavy atom. The van der Waals surface area contributed by atoms with Gasteiger partial charge in [-0.15, -0.1) is 0 Å². The van der Waals surface area contributed by atoms with Crippen LogP contribution in [0.3, 0.4) is 0 Å². The highest BCUT2D eigenvalue weighted by atomic mass is 16.7. The first kappa shape index (κ1) is 14.4. The van der Waals surface area contributed by atoms with Crippen molar-refractivity contribution in [3.63, 3.8) is 0 Å². The molecule has 0 saturated carbocycles. The number of carbonyl (C=O) groups excluding carboxylic acids is 1. The van der Waals surface area contributed by atoms with E-state index in [2.05, 4.69) is 5.32 Å². The lowest BCUT2D eigenvalue weighted by atomic mass is 10.0. The predicted octanol–water partition coefficient (Wildman–Crippen LogP) is 2.29. The van der Waals surface area contributed by atoms with Gasteiger partial charge in [-0.05, 0) is 30.2 Å². The Bertz CT molecular complexity index is 673. The van der Waals surface area contributed by atoms with E-state index in [1.54, 1.807) is 0 Å². The lowest BCUT2D eigenvalue weighted by molar-refractivity contribution is -0.120. The van der Waals surface area contributed by atoms with Gasteiger partial charge in [0.1, 0.15) is 6.04 Å². The summed E-state index contributed by atoms with van der Waals surface area (Å²) >= 11 is 0. The Morgan fingerprint density at radius 1 is 1.09 bits per heavy atom. The number of primary amides is 1. The van der Waals surface area contributed by atoms with Gasteiger partial charge < -0.3 is 15.2 Å². The van der Waals surface area contributed by atoms with Crippen molar-refractivity contribution in [3.8, 4) is 11.5 Å². The summed E-state index contributed by atoms with van der Waals surface area (Å²) in [5.41, 5.74) is 7.39. The average molecular weight is 298 g/mol. The molecule has 0 bridgehead atoms. The summed E-state index contributed by atoms with van der Waals surface area (Å²) < 4.78 is 10.7. The molecule has 1 heterocycles. The molecule has 0 fully saturated rings. The largest absolute Gasteiger partial charge is 0.454 e. The fourth-order valence-corrected chi connectivity index (χ4v) is 2.52. The minimum Gasteiger partial charge on any atom is -0.454 e. The molecule has 0 saturated heterocycles. The number of amides is 1. The number of nitrogens with two attached hydrogens (primary N) is 1. The van der Waals surface area contributed by atoms with E-state index < -0.39 is 11.9 Å². The summed E-state index contributed by atoms with van der Waals surface area (Å²) in [7, 11) is 0. The van der Waals surface area contributed by atoms with Crippen molar-refractivity contribution in [2.24, 2.45) is 5.73 Å². The molecule has 2 aromatic rings. The van der Waals surface area contributed by atoms with Crippen LogP contribution in [0.1, 0.15) is 30.1 Å². The summed E-state index contributed by atoms with van der Waals surface area (Å²) in [6, 6.07) is 14.6. The van der Waals surface area contributed by atoms with Crippen LogP contribution in [0.4, 0.5) is 0 Å². The molecule has 1 aliphatic heterocycles. The first-order valence-electron chi connectivity index (χ1n) is 7.15. The predicted molar refractivity (Wildman–Crippen MR) is 82.5 cm³/mol. The number of hydrogen-bond acceptors (Lipinski definition) is 4. The zero-order valence-corrected chi connectivity index (χ0v) is 12.3. The molecule has 22 heavy (non-hydrogen) atoms. The van der Waals surface area contributed by atoms with Crippen molar-refractivity contribution in [1.82, 2.24) is 5.32 Å². The lowest BCUT2D eigenvalue weighted by Gasteiger charge is -2.21. The minimum atomic E-state index is -0.540. The zero-order chi connectivity index (χ0) is 15.5. The number of rotatable bonds is 5. The number of ether oxygens (including phenoxy) is 2. The quantitative estimate of drug-likeness (QED) is 0.888. The molecule has 0 radical (unpaired) electrons. The van der Waals surface area contributed by atoms with Gasteiger partial charge in [0.2, 0.25) is 12.7 Å². The first-order valence-corrected chi connectivity index (χ1v) is 7.15. The van der Waals surface area contributed by atoms with Crippen LogP contribution in [0.25, 0.3) is 0 Å². The van der Waals surface area contributed by atoms with Gasteiger partial charge in [-0.25, -0.2) is 0 Å². The number of carbonyl (C=O) groups is 1. The molecule has 1 amide bonds. The van der Waals surface area contributed by atoms with Crippen molar-refractivity contribution >= 4 is 5.91 Å². The van der Waals surface area contributed by atoms with E-state index in [0.717, 1.165) is 22.6 Å². The third-order valence-corrected chi connectivity index (χ3v) is 3.73. The van der Waals surface area contributed by atoms with Gasteiger partial charge in [0.15, 0.2) is 11.5 Å². The van der Waals surface area contributed by atoms with Gasteiger partial charge >= 0.3 is 0 Å². The summed E-state index contributed by atoms with van der Waals surface area (Å²) in [5.74, 6) is 1.06. The van der Waals surface area contributed by atoms with Gasteiger partial charge in [-0.1, -0.05) is 36.4 Å². The van der Waals surface area contributed by atoms with E-state index >= 15 is 0 Å². The number of benzene rings is 2. The van der Waals surface area contributed by atoms with Gasteiger partial charge in [-0.2, -0.15) is 0 Å². The van der Waals surface area contributed by atoms with E-state index in [9.17, 15) is 4.79 Å². The van der Waals surface area contributed by atoms with Crippen LogP contribution in [-0.2, 0) is 4.79 Å². The third-order valence-electron chi connectivity index (χ3n) is 3.73. The average Bonchev–Trinajstić information content (AvgIpc) is 3.00. The minimum absolute atomic E-state index is 0.0628. The molecule has 0 unspecified atom stereocenters. The Balaban J connectivity index is 1.79. The highest BCUT2D eigenvalue weighted by Crippen LogP contribution is 2.34. The molecule has 0 aliphatic carbocycles. The lowest BCUT2D eigenvalue weighted by Crippen LogP contribution is -2.35. The summed E-state index contributed by atoms with van der Waals surface area (Å²) in [4.78, 5) is 11.8. The Hall–Kier alpha value is -2.53. The number of fused-ring (bicyclic) bond motifs is 1. The Labute approximate surface area is 129 Å². The van der Waals surface area contributed by atoms with Crippen molar-refractivity contribution in [3.05, 3.63) is 59.7 Å². The molecule has 114 valence electrons. The maximum absolute atomic E-state index is 11.8. The monoisotopic (exact) mass is 298 g/mol. The summed E-state index contributed by atoms with van der Waals surface area (Å²) in [5, 5.41) is 3.27. The van der Waals surface area contributed by atoms with E-state index in [1.165, 1.54) is 0 Å². The molecule has 3 N–H and O–H groups in total. The van der Waals surface area contributed by atoms with Crippen LogP contribution >= 0.6 is 0 Å². The fraction of sp³-hybridized carbons (Fsp3) is 0.235. The normalized spacial score (nSPS) is 15.3. The van der Waals surface area contributed by atoms with Gasteiger partial charge in [-0.3, -0.25) is 10.1 Å². The molecular formula is C17H18N2O3. The molecule has 0 aromatic heterocycles. The molecule has 5 heteroatoms. The topological polar surface area (TPSA) is 73.6 Å². The van der Waals surface area contributed by atoms with Gasteiger partial charge in [0, 0.05) is 6.04 Å². The second-order valence-electron chi connectivity index (χ2n) is 5.25. The van der Waals surface area contributed by atoms with Crippen LogP contribution in [0.5, 0.6) is 11.5 Å². The van der Waals surface area contributed by atoms with E-state index in [1.807, 2.05) is 55.5 Å². The second kappa shape index (κ2) is 6.07. The van der Waals surface area contributed by atoms with Crippen molar-refractivity contribution in [1.29, 1.82) is 0 Å². The molecule has 5 nitrogen and oxygen atoms in total. The van der Waals surface area contributed by atoms with Crippen LogP contribution in [-0.4, -0.2) is 12.7 Å². The van der Waals surface area contributed by atoms with Crippen molar-refractivity contribution < 1.29 is 14.3 Å². The fourth-order valence-electron chi connectivity index (χ4n) is 2.52. The maximum atomic E-state index is 11.8. The third kappa shape index (κ3) is 2.89. The molecule has 2 atom stereocenters. The molecular weight excluding hydrogens is 280 g/mol. The Kier molecular flexibility index (Phi) is 3.98. The van der Waals surface area contributed by atoms with Crippen LogP contribution in [0.15, 0.2) is 48.5 Å². The SMILES string of the molecule is C[C@@H](N[C@H](C(N)=O)c1ccccc1)c1ccc2c(c1)OCO2. The van der Waals surface area contributed by atoms with Crippen LogP contribution in [0, 0.1) is 0 Å².